The zero-order chi connectivity index (χ0) is 37.1. The molecule has 0 radical (unpaired) electrons. The summed E-state index contributed by atoms with van der Waals surface area (Å²) in [6, 6.07) is 21.8. The molecule has 1 saturated carbocycles. The lowest BCUT2D eigenvalue weighted by atomic mass is 9.75. The second-order valence-electron chi connectivity index (χ2n) is 16.1. The van der Waals surface area contributed by atoms with Gasteiger partial charge in [0.1, 0.15) is 4.70 Å². The van der Waals surface area contributed by atoms with Gasteiger partial charge >= 0.3 is 12.4 Å². The number of hydrogen-bond donors (Lipinski definition) is 1. The maximum absolute atomic E-state index is 15.0. The molecule has 2 nitrogen and oxygen atoms in total. The molecule has 0 saturated heterocycles. The Hall–Kier alpha value is -4.21. The Labute approximate surface area is 301 Å². The van der Waals surface area contributed by atoms with Crippen LogP contribution in [0, 0.1) is 12.8 Å². The van der Waals surface area contributed by atoms with Gasteiger partial charge < -0.3 is 5.11 Å². The Bertz CT molecular complexity index is 2520. The van der Waals surface area contributed by atoms with E-state index in [1.807, 2.05) is 31.3 Å². The molecular weight excluding hydrogens is 693 g/mol. The highest BCUT2D eigenvalue weighted by Gasteiger charge is 2.82. The molecule has 3 unspecified atom stereocenters. The van der Waals surface area contributed by atoms with Crippen LogP contribution in [0.15, 0.2) is 85.1 Å². The first-order valence-electron chi connectivity index (χ1n) is 17.4. The van der Waals surface area contributed by atoms with E-state index in [1.165, 1.54) is 41.2 Å². The number of alkyl halides is 6. The third kappa shape index (κ3) is 3.74. The number of hydrogen-bond acceptors (Lipinski definition) is 2. The molecule has 3 atom stereocenters. The molecule has 6 aromatic rings. The van der Waals surface area contributed by atoms with Crippen molar-refractivity contribution in [2.24, 2.45) is 5.92 Å². The molecule has 0 bridgehead atoms. The molecule has 1 N–H and O–H groups in total. The standard InChI is InChI=1S/C43H36F6NOS/c1-22-24-17-18-50-35(29-20-31(38(2,3)4)26-12-7-8-13-28(26)34(29)39(5)33(21-51)40(39,50)6)37(24)52-36(22)23-15-16-27-25-11-9-10-14-30(25)41(32(27)19-23,42(44,45)46)43(47,48)49/h7-20,33,51H,21H2,1-6H3/q+1. The molecular formula is C43H36F6NOS+. The van der Waals surface area contributed by atoms with Gasteiger partial charge in [0.15, 0.2) is 11.7 Å². The number of benzene rings is 4. The van der Waals surface area contributed by atoms with Gasteiger partial charge in [-0.15, -0.1) is 11.3 Å². The second-order valence-corrected chi connectivity index (χ2v) is 17.1. The summed E-state index contributed by atoms with van der Waals surface area (Å²) in [6.07, 6.45) is -9.23. The average Bonchev–Trinajstić information content (AvgIpc) is 3.28. The number of aryl methyl sites for hydroxylation is 1. The van der Waals surface area contributed by atoms with Crippen molar-refractivity contribution in [3.63, 3.8) is 0 Å². The molecule has 9 heteroatoms. The van der Waals surface area contributed by atoms with Gasteiger partial charge in [-0.2, -0.15) is 30.9 Å². The van der Waals surface area contributed by atoms with Crippen molar-refractivity contribution in [1.82, 2.24) is 0 Å². The number of pyridine rings is 1. The Morgan fingerprint density at radius 3 is 2.04 bits per heavy atom. The summed E-state index contributed by atoms with van der Waals surface area (Å²) in [4.78, 5) is 0.618. The second kappa shape index (κ2) is 10.1. The Balaban J connectivity index is 1.35. The van der Waals surface area contributed by atoms with Crippen molar-refractivity contribution in [2.45, 2.75) is 75.7 Å². The highest BCUT2D eigenvalue weighted by molar-refractivity contribution is 7.23. The molecule has 3 heterocycles. The van der Waals surface area contributed by atoms with Gasteiger partial charge in [0.05, 0.1) is 23.5 Å². The summed E-state index contributed by atoms with van der Waals surface area (Å²) in [6.45, 7) is 12.8. The number of aliphatic hydroxyl groups excluding tert-OH is 1. The summed E-state index contributed by atoms with van der Waals surface area (Å²) in [5.41, 5.74) is -1.53. The highest BCUT2D eigenvalue weighted by Crippen LogP contribution is 2.70. The third-order valence-electron chi connectivity index (χ3n) is 12.9. The minimum atomic E-state index is -5.64. The highest BCUT2D eigenvalue weighted by atomic mass is 32.1. The van der Waals surface area contributed by atoms with E-state index in [9.17, 15) is 5.11 Å². The molecule has 0 spiro atoms. The predicted octanol–water partition coefficient (Wildman–Crippen LogP) is 11.3. The molecule has 0 amide bonds. The van der Waals surface area contributed by atoms with Gasteiger partial charge in [-0.3, -0.25) is 0 Å². The van der Waals surface area contributed by atoms with Crippen LogP contribution in [0.3, 0.4) is 0 Å². The molecule has 9 rings (SSSR count). The quantitative estimate of drug-likeness (QED) is 0.139. The SMILES string of the molecule is Cc1c(-c2ccc3c(c2)C(C(F)(F)F)(C(F)(F)F)c2ccccc2-3)sc2c3[n+](ccc12)C1(C)C(CO)C1(C)c1c-3cc(C(C)(C)C)c2ccccc12. The van der Waals surface area contributed by atoms with E-state index in [4.69, 9.17) is 0 Å². The van der Waals surface area contributed by atoms with E-state index in [0.29, 0.717) is 10.4 Å². The van der Waals surface area contributed by atoms with Gasteiger partial charge in [-0.05, 0) is 86.7 Å². The van der Waals surface area contributed by atoms with E-state index in [2.05, 4.69) is 57.4 Å². The maximum Gasteiger partial charge on any atom is 0.411 e. The third-order valence-corrected chi connectivity index (χ3v) is 14.2. The lowest BCUT2D eigenvalue weighted by Crippen LogP contribution is -2.53. The van der Waals surface area contributed by atoms with Crippen molar-refractivity contribution in [2.75, 3.05) is 6.61 Å². The summed E-state index contributed by atoms with van der Waals surface area (Å²) < 4.78 is 93.4. The normalized spacial score (nSPS) is 22.9. The van der Waals surface area contributed by atoms with E-state index < -0.39 is 34.4 Å². The van der Waals surface area contributed by atoms with E-state index in [0.717, 1.165) is 55.4 Å². The Kier molecular flexibility index (Phi) is 6.50. The van der Waals surface area contributed by atoms with E-state index in [-0.39, 0.29) is 34.5 Å². The number of fused-ring (bicyclic) bond motifs is 13. The number of aromatic nitrogens is 1. The summed E-state index contributed by atoms with van der Waals surface area (Å²) in [7, 11) is 0. The predicted molar refractivity (Wildman–Crippen MR) is 194 cm³/mol. The zero-order valence-electron chi connectivity index (χ0n) is 29.4. The molecule has 52 heavy (non-hydrogen) atoms. The Morgan fingerprint density at radius 1 is 0.750 bits per heavy atom. The van der Waals surface area contributed by atoms with Gasteiger partial charge in [-0.1, -0.05) is 81.4 Å². The number of halogens is 6. The maximum atomic E-state index is 15.0. The minimum Gasteiger partial charge on any atom is -0.396 e. The molecule has 2 aliphatic carbocycles. The van der Waals surface area contributed by atoms with E-state index >= 15 is 26.3 Å². The summed E-state index contributed by atoms with van der Waals surface area (Å²) in [5, 5.41) is 14.0. The lowest BCUT2D eigenvalue weighted by molar-refractivity contribution is -0.733. The van der Waals surface area contributed by atoms with Crippen LogP contribution in [0.2, 0.25) is 0 Å². The molecule has 1 aliphatic heterocycles. The molecule has 4 aromatic carbocycles. The summed E-state index contributed by atoms with van der Waals surface area (Å²) >= 11 is 1.40. The number of rotatable bonds is 2. The number of nitrogens with zero attached hydrogens (tertiary/aromatic N) is 1. The van der Waals surface area contributed by atoms with Crippen LogP contribution < -0.4 is 4.57 Å². The van der Waals surface area contributed by atoms with Gasteiger partial charge in [0, 0.05) is 23.3 Å². The first kappa shape index (κ1) is 33.6. The van der Waals surface area contributed by atoms with Crippen molar-refractivity contribution in [3.8, 4) is 32.8 Å². The Morgan fingerprint density at radius 2 is 1.38 bits per heavy atom. The molecule has 3 aliphatic rings. The largest absolute Gasteiger partial charge is 0.411 e. The minimum absolute atomic E-state index is 0.0152. The van der Waals surface area contributed by atoms with Crippen LogP contribution in [0.1, 0.15) is 62.4 Å². The van der Waals surface area contributed by atoms with Gasteiger partial charge in [0.25, 0.3) is 0 Å². The van der Waals surface area contributed by atoms with Gasteiger partial charge in [-0.25, -0.2) is 0 Å². The molecule has 1 fully saturated rings. The van der Waals surface area contributed by atoms with Crippen LogP contribution in [0.5, 0.6) is 0 Å². The smallest absolute Gasteiger partial charge is 0.396 e. The zero-order valence-corrected chi connectivity index (χ0v) is 30.3. The number of thiophene rings is 1. The molecule has 266 valence electrons. The van der Waals surface area contributed by atoms with Crippen molar-refractivity contribution >= 4 is 32.2 Å². The fourth-order valence-corrected chi connectivity index (χ4v) is 11.5. The molecule has 2 aromatic heterocycles. The van der Waals surface area contributed by atoms with Gasteiger partial charge in [0.2, 0.25) is 11.1 Å². The van der Waals surface area contributed by atoms with Crippen molar-refractivity contribution in [1.29, 1.82) is 0 Å². The lowest BCUT2D eigenvalue weighted by Gasteiger charge is -2.36. The van der Waals surface area contributed by atoms with E-state index in [1.54, 1.807) is 6.07 Å². The average molecular weight is 729 g/mol. The first-order valence-corrected chi connectivity index (χ1v) is 18.2. The van der Waals surface area contributed by atoms with Crippen molar-refractivity contribution in [3.05, 3.63) is 113 Å². The van der Waals surface area contributed by atoms with Crippen LogP contribution in [-0.4, -0.2) is 24.1 Å². The van der Waals surface area contributed by atoms with Crippen LogP contribution >= 0.6 is 11.3 Å². The number of aliphatic hydroxyl groups is 1. The van der Waals surface area contributed by atoms with Crippen LogP contribution in [-0.2, 0) is 21.8 Å². The first-order chi connectivity index (χ1) is 24.3. The fourth-order valence-electron chi connectivity index (χ4n) is 10.2. The monoisotopic (exact) mass is 728 g/mol. The fraction of sp³-hybridized carbons (Fsp3) is 0.326. The van der Waals surface area contributed by atoms with Crippen molar-refractivity contribution < 1.29 is 36.0 Å². The van der Waals surface area contributed by atoms with Crippen LogP contribution in [0.4, 0.5) is 26.3 Å². The topological polar surface area (TPSA) is 24.1 Å². The van der Waals surface area contributed by atoms with Crippen LogP contribution in [0.25, 0.3) is 53.7 Å². The summed E-state index contributed by atoms with van der Waals surface area (Å²) in [5.74, 6) is -0.0805.